The van der Waals surface area contributed by atoms with Crippen LogP contribution >= 0.6 is 0 Å². The summed E-state index contributed by atoms with van der Waals surface area (Å²) in [6.07, 6.45) is 2.35. The summed E-state index contributed by atoms with van der Waals surface area (Å²) >= 11 is 0. The van der Waals surface area contributed by atoms with Gasteiger partial charge in [-0.3, -0.25) is 36.3 Å². The molecule has 1 spiro atoms. The van der Waals surface area contributed by atoms with Gasteiger partial charge in [-0.05, 0) is 36.5 Å². The van der Waals surface area contributed by atoms with E-state index in [2.05, 4.69) is 45.1 Å². The summed E-state index contributed by atoms with van der Waals surface area (Å²) < 4.78 is 7.45. The molecule has 1 aromatic heterocycles. The molecule has 2 amide bonds. The van der Waals surface area contributed by atoms with E-state index in [9.17, 15) is 19.8 Å². The van der Waals surface area contributed by atoms with Crippen molar-refractivity contribution >= 4 is 23.7 Å². The Balaban J connectivity index is 1.27. The lowest BCUT2D eigenvalue weighted by molar-refractivity contribution is -0.674. The van der Waals surface area contributed by atoms with Gasteiger partial charge in [0.25, 0.3) is 23.3 Å². The number of hydrogen-bond donors (Lipinski definition) is 9. The maximum absolute atomic E-state index is 13.6. The first-order valence-electron chi connectivity index (χ1n) is 13.9. The van der Waals surface area contributed by atoms with Crippen molar-refractivity contribution in [1.82, 2.24) is 26.3 Å². The standard InChI is InChI=1S/C28H35N9O5/c1-14-6-5-10-31-19(14)23(39)32-12-17-21-27(36-24(29)35-21)28(40,41)18(13-37(27)25(30)33-17)34-22(38)15-7-4-8-16-20(15)42-11-9-26(16,2)3/h4-8,10,17-18,21,40-41H,9,11-13H2,1-3H3,(H7,29,30,32,33,34,35,36,38,39)/p+2/t17-,18?,21-,27-/m0/s1. The topological polar surface area (TPSA) is 214 Å². The van der Waals surface area contributed by atoms with Crippen molar-refractivity contribution in [3.63, 3.8) is 0 Å². The highest BCUT2D eigenvalue weighted by Crippen LogP contribution is 2.41. The minimum Gasteiger partial charge on any atom is -0.492 e. The van der Waals surface area contributed by atoms with Crippen LogP contribution in [0.15, 0.2) is 36.5 Å². The van der Waals surface area contributed by atoms with Gasteiger partial charge in [-0.25, -0.2) is 9.89 Å². The third-order valence-electron chi connectivity index (χ3n) is 8.93. The normalized spacial score (nSPS) is 28.2. The molecule has 0 aliphatic carbocycles. The molecule has 1 saturated heterocycles. The number of para-hydroxylation sites is 1. The van der Waals surface area contributed by atoms with Crippen molar-refractivity contribution in [2.24, 2.45) is 11.5 Å². The van der Waals surface area contributed by atoms with E-state index in [0.29, 0.717) is 23.5 Å². The van der Waals surface area contributed by atoms with E-state index >= 15 is 0 Å². The van der Waals surface area contributed by atoms with E-state index < -0.39 is 35.5 Å². The second kappa shape index (κ2) is 9.56. The molecule has 222 valence electrons. The van der Waals surface area contributed by atoms with Crippen LogP contribution in [0.4, 0.5) is 0 Å². The van der Waals surface area contributed by atoms with Crippen LogP contribution in [0.2, 0.25) is 0 Å². The summed E-state index contributed by atoms with van der Waals surface area (Å²) in [7, 11) is 0. The summed E-state index contributed by atoms with van der Waals surface area (Å²) in [5.74, 6) is -2.77. The van der Waals surface area contributed by atoms with E-state index in [4.69, 9.17) is 16.2 Å². The molecule has 11 N–H and O–H groups in total. The highest BCUT2D eigenvalue weighted by Gasteiger charge is 2.78. The third-order valence-corrected chi connectivity index (χ3v) is 8.93. The zero-order valence-electron chi connectivity index (χ0n) is 23.7. The van der Waals surface area contributed by atoms with Gasteiger partial charge in [-0.15, -0.1) is 0 Å². The minimum absolute atomic E-state index is 0.0497. The summed E-state index contributed by atoms with van der Waals surface area (Å²) in [6.45, 7) is 6.44. The second-order valence-electron chi connectivity index (χ2n) is 12.0. The Bertz CT molecular complexity index is 1540. The number of hydrogen-bond acceptors (Lipinski definition) is 10. The van der Waals surface area contributed by atoms with Gasteiger partial charge in [-0.1, -0.05) is 32.0 Å². The maximum atomic E-state index is 13.6. The summed E-state index contributed by atoms with van der Waals surface area (Å²) in [4.78, 5) is 33.7. The summed E-state index contributed by atoms with van der Waals surface area (Å²) in [5.41, 5.74) is 12.9. The zero-order valence-corrected chi connectivity index (χ0v) is 23.7. The molecule has 4 atom stereocenters. The molecule has 1 aromatic carbocycles. The predicted molar refractivity (Wildman–Crippen MR) is 150 cm³/mol. The largest absolute Gasteiger partial charge is 0.492 e. The third kappa shape index (κ3) is 4.04. The number of nitrogens with two attached hydrogens (primary N) is 2. The number of carbonyl (C=O) groups excluding carboxylic acids is 2. The smallest absolute Gasteiger partial charge is 0.347 e. The van der Waals surface area contributed by atoms with Crippen LogP contribution in [0.3, 0.4) is 0 Å². The van der Waals surface area contributed by atoms with Crippen LogP contribution < -0.4 is 42.5 Å². The molecule has 42 heavy (non-hydrogen) atoms. The van der Waals surface area contributed by atoms with Crippen molar-refractivity contribution in [1.29, 1.82) is 0 Å². The lowest BCUT2D eigenvalue weighted by Crippen LogP contribution is -2.92. The van der Waals surface area contributed by atoms with Crippen LogP contribution in [0.5, 0.6) is 5.75 Å². The average molecular weight is 580 g/mol. The van der Waals surface area contributed by atoms with E-state index in [-0.39, 0.29) is 42.0 Å². The molecule has 6 rings (SSSR count). The van der Waals surface area contributed by atoms with Crippen LogP contribution in [-0.4, -0.2) is 92.8 Å². The van der Waals surface area contributed by atoms with E-state index in [1.54, 1.807) is 31.2 Å². The molecule has 4 aliphatic heterocycles. The Kier molecular flexibility index (Phi) is 6.31. The number of amides is 2. The molecule has 4 aliphatic rings. The van der Waals surface area contributed by atoms with E-state index in [0.717, 1.165) is 12.0 Å². The lowest BCUT2D eigenvalue weighted by Gasteiger charge is -2.41. The van der Waals surface area contributed by atoms with Crippen molar-refractivity contribution in [2.45, 2.75) is 62.2 Å². The Morgan fingerprint density at radius 1 is 1.21 bits per heavy atom. The average Bonchev–Trinajstić information content (AvgIpc) is 3.41. The number of aromatic nitrogens is 1. The zero-order chi connectivity index (χ0) is 30.0. The molecule has 0 saturated carbocycles. The molecular formula is C28H37N9O5+2. The van der Waals surface area contributed by atoms with Gasteiger partial charge in [0.05, 0.1) is 25.3 Å². The molecule has 2 aromatic rings. The van der Waals surface area contributed by atoms with Gasteiger partial charge in [0, 0.05) is 11.8 Å². The number of guanidine groups is 2. The number of fused-ring (bicyclic) bond motifs is 1. The Labute approximate surface area is 242 Å². The van der Waals surface area contributed by atoms with E-state index in [1.165, 1.54) is 10.8 Å². The minimum atomic E-state index is -2.57. The first-order valence-corrected chi connectivity index (χ1v) is 13.9. The molecule has 14 nitrogen and oxygen atoms in total. The molecule has 5 heterocycles. The highest BCUT2D eigenvalue weighted by atomic mass is 16.5. The van der Waals surface area contributed by atoms with Crippen molar-refractivity contribution < 1.29 is 34.1 Å². The number of nitrogens with zero attached hydrogens (tertiary/aromatic N) is 2. The van der Waals surface area contributed by atoms with Crippen molar-refractivity contribution in [3.05, 3.63) is 58.9 Å². The SMILES string of the molecule is Cc1cccnc1C(=O)NC[C@@H]1NC(N)=[N+]2CC(NC(=O)c3cccc4c3OCCC4(C)C)C(O)(O)[C@@]23NC(N)=[NH+][C@@H]13. The van der Waals surface area contributed by atoms with Crippen LogP contribution in [-0.2, 0) is 5.41 Å². The van der Waals surface area contributed by atoms with Crippen LogP contribution in [0.1, 0.15) is 52.2 Å². The number of ether oxygens (including phenoxy) is 1. The molecule has 1 unspecified atom stereocenters. The fourth-order valence-electron chi connectivity index (χ4n) is 6.60. The monoisotopic (exact) mass is 579 g/mol. The number of pyridine rings is 1. The van der Waals surface area contributed by atoms with Crippen molar-refractivity contribution in [3.8, 4) is 5.75 Å². The van der Waals surface area contributed by atoms with Gasteiger partial charge in [0.1, 0.15) is 23.5 Å². The number of rotatable bonds is 5. The second-order valence-corrected chi connectivity index (χ2v) is 12.0. The van der Waals surface area contributed by atoms with Gasteiger partial charge in [0.15, 0.2) is 6.04 Å². The molecule has 0 bridgehead atoms. The first kappa shape index (κ1) is 27.7. The number of aryl methyl sites for hydroxylation is 1. The Morgan fingerprint density at radius 2 is 2.00 bits per heavy atom. The quantitative estimate of drug-likeness (QED) is 0.124. The lowest BCUT2D eigenvalue weighted by atomic mass is 9.79. The Morgan fingerprint density at radius 3 is 2.76 bits per heavy atom. The summed E-state index contributed by atoms with van der Waals surface area (Å²) in [6, 6.07) is 6.30. The van der Waals surface area contributed by atoms with Crippen LogP contribution in [0.25, 0.3) is 0 Å². The van der Waals surface area contributed by atoms with Crippen molar-refractivity contribution in [2.75, 3.05) is 19.7 Å². The molecule has 0 radical (unpaired) electrons. The van der Waals surface area contributed by atoms with Gasteiger partial charge in [0.2, 0.25) is 0 Å². The maximum Gasteiger partial charge on any atom is 0.347 e. The number of carbonyl (C=O) groups is 2. The first-order chi connectivity index (χ1) is 19.9. The summed E-state index contributed by atoms with van der Waals surface area (Å²) in [5, 5.41) is 35.3. The number of benzene rings is 1. The molecule has 1 fully saturated rings. The fourth-order valence-corrected chi connectivity index (χ4v) is 6.60. The van der Waals surface area contributed by atoms with Gasteiger partial charge < -0.3 is 25.6 Å². The number of aliphatic hydroxyl groups is 2. The molecule has 14 heteroatoms. The van der Waals surface area contributed by atoms with Gasteiger partial charge in [-0.2, -0.15) is 0 Å². The molecular weight excluding hydrogens is 542 g/mol. The highest BCUT2D eigenvalue weighted by molar-refractivity contribution is 5.98. The van der Waals surface area contributed by atoms with E-state index in [1.807, 2.05) is 6.07 Å². The predicted octanol–water partition coefficient (Wildman–Crippen LogP) is -3.96. The fraction of sp³-hybridized carbons (Fsp3) is 0.464. The number of nitrogens with one attached hydrogen (secondary N) is 5. The van der Waals surface area contributed by atoms with Crippen LogP contribution in [0, 0.1) is 6.92 Å². The van der Waals surface area contributed by atoms with Gasteiger partial charge >= 0.3 is 11.9 Å². The Hall–Kier alpha value is -4.43.